The number of ether oxygens (including phenoxy) is 4. The third kappa shape index (κ3) is 10.3. The first-order valence-electron chi connectivity index (χ1n) is 15.5. The molecule has 2 N–H and O–H groups in total. The molecule has 0 amide bonds. The minimum Gasteiger partial charge on any atom is -0.497 e. The van der Waals surface area contributed by atoms with Crippen LogP contribution in [0.4, 0.5) is 0 Å². The molecular weight excluding hydrogens is 592 g/mol. The average molecular weight is 639 g/mol. The second-order valence-corrected chi connectivity index (χ2v) is 11.8. The van der Waals surface area contributed by atoms with Crippen molar-refractivity contribution in [2.24, 2.45) is 9.98 Å². The number of nitrogens with zero attached hydrogens (tertiary/aromatic N) is 4. The van der Waals surface area contributed by atoms with Crippen LogP contribution in [0.15, 0.2) is 81.3 Å². The average Bonchev–Trinajstić information content (AvgIpc) is 3.06. The quantitative estimate of drug-likeness (QED) is 0.244. The molecule has 0 spiro atoms. The van der Waals surface area contributed by atoms with Crippen molar-refractivity contribution in [3.63, 3.8) is 0 Å². The number of methoxy groups -OCH3 is 4. The van der Waals surface area contributed by atoms with E-state index < -0.39 is 18.0 Å². The molecule has 4 unspecified atom stereocenters. The van der Waals surface area contributed by atoms with E-state index in [0.29, 0.717) is 70.7 Å². The van der Waals surface area contributed by atoms with Crippen molar-refractivity contribution in [1.29, 1.82) is 0 Å². The predicted molar refractivity (Wildman–Crippen MR) is 175 cm³/mol. The first kappa shape index (κ1) is 35.0. The standard InChI is InChI=1S/C34H46N4O8/c1-43-27-13-23(14-28(17-27)44-2)19-37(21-25-7-5-9-31(35-25)33(39)40)11-12-38(22-26-8-6-10-32(36-26)34(41)42)20-24-15-29(45-3)18-30(16-24)46-4/h5-7,10,13,15,17-18,26,28,30-31H,8-9,11-12,14,16,19-22H2,1-4H3,(H,39,40)(H,41,42). The summed E-state index contributed by atoms with van der Waals surface area (Å²) in [5, 5.41) is 19.1. The number of dihydropyridines is 2. The summed E-state index contributed by atoms with van der Waals surface area (Å²) in [7, 11) is 6.63. The van der Waals surface area contributed by atoms with Gasteiger partial charge in [0, 0.05) is 59.2 Å². The van der Waals surface area contributed by atoms with E-state index in [2.05, 4.69) is 19.8 Å². The molecule has 12 heteroatoms. The van der Waals surface area contributed by atoms with E-state index in [0.717, 1.165) is 22.7 Å². The highest BCUT2D eigenvalue weighted by Crippen LogP contribution is 2.24. The number of aliphatic imine (C=N–C) groups is 2. The van der Waals surface area contributed by atoms with Gasteiger partial charge in [-0.2, -0.15) is 0 Å². The predicted octanol–water partition coefficient (Wildman–Crippen LogP) is 3.05. The van der Waals surface area contributed by atoms with E-state index in [9.17, 15) is 19.8 Å². The van der Waals surface area contributed by atoms with Gasteiger partial charge in [0.05, 0.1) is 32.5 Å². The molecule has 0 bridgehead atoms. The molecule has 250 valence electrons. The highest BCUT2D eigenvalue weighted by molar-refractivity contribution is 6.40. The summed E-state index contributed by atoms with van der Waals surface area (Å²) in [5.41, 5.74) is 3.05. The molecule has 2 aliphatic carbocycles. The van der Waals surface area contributed by atoms with Gasteiger partial charge in [-0.1, -0.05) is 12.2 Å². The molecule has 4 aliphatic rings. The summed E-state index contributed by atoms with van der Waals surface area (Å²) in [6, 6.07) is -0.993. The van der Waals surface area contributed by atoms with Crippen molar-refractivity contribution >= 4 is 23.4 Å². The lowest BCUT2D eigenvalue weighted by Crippen LogP contribution is -2.43. The zero-order chi connectivity index (χ0) is 33.1. The Morgan fingerprint density at radius 2 is 1.39 bits per heavy atom. The molecule has 2 aliphatic heterocycles. The third-order valence-electron chi connectivity index (χ3n) is 8.34. The van der Waals surface area contributed by atoms with Crippen LogP contribution in [0.3, 0.4) is 0 Å². The van der Waals surface area contributed by atoms with Crippen LogP contribution in [-0.2, 0) is 28.5 Å². The molecule has 0 fully saturated rings. The van der Waals surface area contributed by atoms with Crippen LogP contribution in [0.25, 0.3) is 0 Å². The number of aliphatic carboxylic acids is 2. The maximum Gasteiger partial charge on any atom is 0.354 e. The van der Waals surface area contributed by atoms with Gasteiger partial charge in [-0.05, 0) is 73.3 Å². The molecule has 0 aromatic rings. The normalized spacial score (nSPS) is 24.5. The van der Waals surface area contributed by atoms with Gasteiger partial charge in [0.25, 0.3) is 0 Å². The van der Waals surface area contributed by atoms with Crippen molar-refractivity contribution in [3.05, 3.63) is 71.3 Å². The molecule has 0 saturated carbocycles. The largest absolute Gasteiger partial charge is 0.497 e. The topological polar surface area (TPSA) is 143 Å². The Labute approximate surface area is 270 Å². The minimum absolute atomic E-state index is 0.0628. The van der Waals surface area contributed by atoms with Crippen LogP contribution >= 0.6 is 0 Å². The molecule has 0 aromatic carbocycles. The Kier molecular flexibility index (Phi) is 13.1. The summed E-state index contributed by atoms with van der Waals surface area (Å²) >= 11 is 0. The van der Waals surface area contributed by atoms with E-state index in [4.69, 9.17) is 18.9 Å². The van der Waals surface area contributed by atoms with Crippen LogP contribution in [-0.4, -0.2) is 135 Å². The summed E-state index contributed by atoms with van der Waals surface area (Å²) in [6.45, 7) is 3.54. The fourth-order valence-electron chi connectivity index (χ4n) is 5.98. The Morgan fingerprint density at radius 1 is 0.804 bits per heavy atom. The van der Waals surface area contributed by atoms with Crippen molar-refractivity contribution in [3.8, 4) is 0 Å². The molecule has 0 radical (unpaired) electrons. The number of carbonyl (C=O) groups is 2. The fourth-order valence-corrected chi connectivity index (χ4v) is 5.98. The van der Waals surface area contributed by atoms with E-state index in [-0.39, 0.29) is 24.0 Å². The van der Waals surface area contributed by atoms with Crippen LogP contribution < -0.4 is 0 Å². The summed E-state index contributed by atoms with van der Waals surface area (Å²) in [5.74, 6) is -0.482. The van der Waals surface area contributed by atoms with Gasteiger partial charge in [0.2, 0.25) is 0 Å². The molecule has 0 aromatic heterocycles. The summed E-state index contributed by atoms with van der Waals surface area (Å²) in [4.78, 5) is 37.0. The molecule has 46 heavy (non-hydrogen) atoms. The Morgan fingerprint density at radius 3 is 1.96 bits per heavy atom. The van der Waals surface area contributed by atoms with E-state index in [1.807, 2.05) is 42.5 Å². The van der Waals surface area contributed by atoms with Crippen LogP contribution in [0.2, 0.25) is 0 Å². The maximum atomic E-state index is 11.7. The lowest BCUT2D eigenvalue weighted by Gasteiger charge is -2.33. The number of allylic oxidation sites excluding steroid dienone is 2. The van der Waals surface area contributed by atoms with Gasteiger partial charge in [-0.3, -0.25) is 19.8 Å². The van der Waals surface area contributed by atoms with Crippen LogP contribution in [0, 0.1) is 0 Å². The molecular formula is C34H46N4O8. The van der Waals surface area contributed by atoms with Crippen molar-refractivity contribution in [2.75, 3.05) is 67.7 Å². The third-order valence-corrected chi connectivity index (χ3v) is 8.34. The second-order valence-electron chi connectivity index (χ2n) is 11.8. The van der Waals surface area contributed by atoms with Gasteiger partial charge in [0.1, 0.15) is 17.2 Å². The zero-order valence-corrected chi connectivity index (χ0v) is 27.1. The first-order valence-corrected chi connectivity index (χ1v) is 15.5. The zero-order valence-electron chi connectivity index (χ0n) is 27.1. The fraction of sp³-hybridized carbons (Fsp3) is 0.529. The Hall–Kier alpha value is -3.84. The van der Waals surface area contributed by atoms with Gasteiger partial charge in [-0.25, -0.2) is 9.59 Å². The molecule has 2 heterocycles. The van der Waals surface area contributed by atoms with Gasteiger partial charge in [0.15, 0.2) is 6.04 Å². The highest BCUT2D eigenvalue weighted by Gasteiger charge is 2.25. The number of carboxylic acid groups (broad SMARTS) is 2. The Bertz CT molecular complexity index is 1360. The molecule has 4 atom stereocenters. The monoisotopic (exact) mass is 638 g/mol. The summed E-state index contributed by atoms with van der Waals surface area (Å²) < 4.78 is 22.4. The molecule has 4 rings (SSSR count). The highest BCUT2D eigenvalue weighted by atomic mass is 16.5. The lowest BCUT2D eigenvalue weighted by atomic mass is 10.00. The SMILES string of the molecule is COC1=CC(OC)CC(CN(CCN(CC2=CC(OC)=CC(OC)C2)CC2CC=CC(C(=O)O)=N2)CC2=NC(C(=O)O)CC=C2)=C1. The lowest BCUT2D eigenvalue weighted by molar-refractivity contribution is -0.138. The number of hydrogen-bond acceptors (Lipinski definition) is 10. The van der Waals surface area contributed by atoms with Crippen LogP contribution in [0.5, 0.6) is 0 Å². The molecule has 0 saturated heterocycles. The van der Waals surface area contributed by atoms with Crippen LogP contribution in [0.1, 0.15) is 25.7 Å². The van der Waals surface area contributed by atoms with Gasteiger partial charge < -0.3 is 29.2 Å². The maximum absolute atomic E-state index is 11.7. The number of rotatable bonds is 17. The van der Waals surface area contributed by atoms with E-state index in [1.165, 1.54) is 0 Å². The minimum atomic E-state index is -1.04. The summed E-state index contributed by atoms with van der Waals surface area (Å²) in [6.07, 6.45) is 17.4. The van der Waals surface area contributed by atoms with Gasteiger partial charge in [-0.15, -0.1) is 0 Å². The smallest absolute Gasteiger partial charge is 0.354 e. The first-order chi connectivity index (χ1) is 22.2. The van der Waals surface area contributed by atoms with Crippen molar-refractivity contribution in [1.82, 2.24) is 9.80 Å². The van der Waals surface area contributed by atoms with E-state index in [1.54, 1.807) is 34.5 Å². The van der Waals surface area contributed by atoms with Crippen molar-refractivity contribution < 1.29 is 38.7 Å². The second kappa shape index (κ2) is 17.2. The number of hydrogen-bond donors (Lipinski definition) is 2. The van der Waals surface area contributed by atoms with Gasteiger partial charge >= 0.3 is 11.9 Å². The van der Waals surface area contributed by atoms with E-state index >= 15 is 0 Å². The molecule has 12 nitrogen and oxygen atoms in total. The Balaban J connectivity index is 1.57. The number of carboxylic acids is 2. The van der Waals surface area contributed by atoms with Crippen molar-refractivity contribution in [2.45, 2.75) is 50.0 Å².